The molecule has 0 saturated carbocycles. The maximum absolute atomic E-state index is 6.28. The Morgan fingerprint density at radius 3 is 2.26 bits per heavy atom. The number of benzene rings is 2. The topological polar surface area (TPSA) is 76.6 Å². The van der Waals surface area contributed by atoms with Crippen LogP contribution in [0.25, 0.3) is 16.9 Å². The van der Waals surface area contributed by atoms with Crippen LogP contribution in [-0.4, -0.2) is 71.9 Å². The zero-order chi connectivity index (χ0) is 29.0. The van der Waals surface area contributed by atoms with Crippen LogP contribution in [0, 0.1) is 6.92 Å². The summed E-state index contributed by atoms with van der Waals surface area (Å²) in [6.45, 7) is 9.78. The van der Waals surface area contributed by atoms with Gasteiger partial charge in [0.1, 0.15) is 17.7 Å². The van der Waals surface area contributed by atoms with Gasteiger partial charge in [0.15, 0.2) is 11.5 Å². The number of halogens is 2. The third-order valence-electron chi connectivity index (χ3n) is 8.73. The summed E-state index contributed by atoms with van der Waals surface area (Å²) in [5, 5.41) is 10.0. The monoisotopic (exact) mass is 604 g/mol. The van der Waals surface area contributed by atoms with E-state index in [4.69, 9.17) is 37.9 Å². The summed E-state index contributed by atoms with van der Waals surface area (Å²) in [6, 6.07) is 16.8. The van der Waals surface area contributed by atoms with Crippen molar-refractivity contribution in [1.82, 2.24) is 34.0 Å². The second-order valence-corrected chi connectivity index (χ2v) is 12.4. The summed E-state index contributed by atoms with van der Waals surface area (Å²) in [6.07, 6.45) is 4.07. The molecular formula is C31H34Cl2N8O. The van der Waals surface area contributed by atoms with Gasteiger partial charge in [-0.2, -0.15) is 4.98 Å². The normalized spacial score (nSPS) is 21.8. The summed E-state index contributed by atoms with van der Waals surface area (Å²) >= 11 is 12.6. The third kappa shape index (κ3) is 4.92. The first kappa shape index (κ1) is 27.6. The Hall–Kier alpha value is -3.24. The molecule has 0 N–H and O–H groups in total. The highest BCUT2D eigenvalue weighted by atomic mass is 35.5. The number of rotatable bonds is 6. The number of aromatic nitrogens is 6. The summed E-state index contributed by atoms with van der Waals surface area (Å²) in [5.41, 5.74) is 4.24. The maximum atomic E-state index is 6.28. The molecule has 0 aliphatic carbocycles. The molecule has 11 heteroatoms. The SMILES string of the molecule is Cc1nc2c(N3C[C@@H](C)N(C(c4ccc(Cl)cc4)c4ccc(Cl)cc4)C[C@@H]3C)nc3nncn3c2n1C[C@@H]1CCCO1. The van der Waals surface area contributed by atoms with Gasteiger partial charge >= 0.3 is 0 Å². The first-order valence-corrected chi connectivity index (χ1v) is 15.3. The fourth-order valence-corrected chi connectivity index (χ4v) is 6.89. The van der Waals surface area contributed by atoms with Crippen molar-refractivity contribution >= 4 is 46.0 Å². The van der Waals surface area contributed by atoms with Gasteiger partial charge in [0.25, 0.3) is 5.78 Å². The number of nitrogens with zero attached hydrogens (tertiary/aromatic N) is 8. The smallest absolute Gasteiger partial charge is 0.258 e. The van der Waals surface area contributed by atoms with Gasteiger partial charge < -0.3 is 14.2 Å². The zero-order valence-corrected chi connectivity index (χ0v) is 25.5. The van der Waals surface area contributed by atoms with E-state index >= 15 is 0 Å². The van der Waals surface area contributed by atoms with E-state index < -0.39 is 0 Å². The van der Waals surface area contributed by atoms with E-state index in [1.165, 1.54) is 11.1 Å². The van der Waals surface area contributed by atoms with Crippen molar-refractivity contribution in [2.45, 2.75) is 64.4 Å². The summed E-state index contributed by atoms with van der Waals surface area (Å²) in [5.74, 6) is 2.37. The van der Waals surface area contributed by atoms with Crippen LogP contribution in [0.15, 0.2) is 54.9 Å². The van der Waals surface area contributed by atoms with Crippen LogP contribution in [0.2, 0.25) is 10.0 Å². The molecule has 0 amide bonds. The molecule has 0 unspecified atom stereocenters. The predicted molar refractivity (Wildman–Crippen MR) is 166 cm³/mol. The number of hydrogen-bond acceptors (Lipinski definition) is 7. The van der Waals surface area contributed by atoms with Crippen LogP contribution < -0.4 is 4.90 Å². The van der Waals surface area contributed by atoms with E-state index in [0.29, 0.717) is 5.78 Å². The average molecular weight is 606 g/mol. The molecule has 2 fully saturated rings. The second kappa shape index (κ2) is 11.1. The van der Waals surface area contributed by atoms with Crippen LogP contribution in [0.5, 0.6) is 0 Å². The number of hydrogen-bond donors (Lipinski definition) is 0. The van der Waals surface area contributed by atoms with Gasteiger partial charge in [-0.3, -0.25) is 4.90 Å². The summed E-state index contributed by atoms with van der Waals surface area (Å²) in [4.78, 5) is 15.1. The molecule has 9 nitrogen and oxygen atoms in total. The van der Waals surface area contributed by atoms with Crippen LogP contribution in [0.3, 0.4) is 0 Å². The molecule has 2 saturated heterocycles. The van der Waals surface area contributed by atoms with Crippen molar-refractivity contribution in [3.05, 3.63) is 81.9 Å². The van der Waals surface area contributed by atoms with E-state index in [2.05, 4.69) is 69.6 Å². The van der Waals surface area contributed by atoms with Crippen molar-refractivity contribution in [1.29, 1.82) is 0 Å². The number of fused-ring (bicyclic) bond motifs is 3. The Kier molecular flexibility index (Phi) is 7.30. The molecule has 0 radical (unpaired) electrons. The summed E-state index contributed by atoms with van der Waals surface area (Å²) in [7, 11) is 0. The first-order chi connectivity index (χ1) is 20.4. The minimum Gasteiger partial charge on any atom is -0.376 e. The number of imidazole rings is 1. The van der Waals surface area contributed by atoms with Crippen LogP contribution >= 0.6 is 23.2 Å². The van der Waals surface area contributed by atoms with Crippen LogP contribution in [0.4, 0.5) is 5.82 Å². The van der Waals surface area contributed by atoms with Gasteiger partial charge in [0.05, 0.1) is 18.7 Å². The van der Waals surface area contributed by atoms with Gasteiger partial charge in [0, 0.05) is 41.8 Å². The van der Waals surface area contributed by atoms with Crippen LogP contribution in [-0.2, 0) is 11.3 Å². The lowest BCUT2D eigenvalue weighted by atomic mass is 9.93. The molecule has 218 valence electrons. The van der Waals surface area contributed by atoms with Gasteiger partial charge in [-0.1, -0.05) is 47.5 Å². The first-order valence-electron chi connectivity index (χ1n) is 14.6. The van der Waals surface area contributed by atoms with Crippen molar-refractivity contribution < 1.29 is 4.74 Å². The molecule has 0 bridgehead atoms. The molecule has 42 heavy (non-hydrogen) atoms. The number of anilines is 1. The molecule has 3 aromatic heterocycles. The molecule has 2 aliphatic heterocycles. The highest BCUT2D eigenvalue weighted by Crippen LogP contribution is 2.37. The minimum atomic E-state index is 0.0546. The standard InChI is InChI=1S/C31H34Cl2N8O/c1-19-16-39(20(2)15-38(19)28(22-6-10-24(32)11-7-22)23-8-12-25(33)13-9-23)29-27-30(41-18-34-37-31(41)36-29)40(21(3)35-27)17-26-5-4-14-42-26/h6-13,18-20,26,28H,4-5,14-17H2,1-3H3/t19-,20+,26+/m1/s1. The van der Waals surface area contributed by atoms with E-state index in [1.54, 1.807) is 6.33 Å². The Labute approximate surface area is 255 Å². The Morgan fingerprint density at radius 2 is 1.62 bits per heavy atom. The minimum absolute atomic E-state index is 0.0546. The number of piperazine rings is 1. The maximum Gasteiger partial charge on any atom is 0.258 e. The highest BCUT2D eigenvalue weighted by Gasteiger charge is 2.37. The van der Waals surface area contributed by atoms with Crippen molar-refractivity contribution in [3.8, 4) is 0 Å². The molecule has 2 aromatic carbocycles. The Balaban J connectivity index is 1.26. The lowest BCUT2D eigenvalue weighted by Crippen LogP contribution is -2.57. The number of aryl methyl sites for hydroxylation is 1. The van der Waals surface area contributed by atoms with Crippen molar-refractivity contribution in [2.75, 3.05) is 24.6 Å². The van der Waals surface area contributed by atoms with Crippen LogP contribution in [0.1, 0.15) is 49.7 Å². The van der Waals surface area contributed by atoms with E-state index in [1.807, 2.05) is 28.7 Å². The van der Waals surface area contributed by atoms with E-state index in [-0.39, 0.29) is 24.2 Å². The molecule has 5 aromatic rings. The quantitative estimate of drug-likeness (QED) is 0.237. The van der Waals surface area contributed by atoms with E-state index in [0.717, 1.165) is 71.9 Å². The Bertz CT molecular complexity index is 1670. The fourth-order valence-electron chi connectivity index (χ4n) is 6.63. The van der Waals surface area contributed by atoms with Crippen molar-refractivity contribution in [2.24, 2.45) is 0 Å². The second-order valence-electron chi connectivity index (χ2n) is 11.6. The molecular weight excluding hydrogens is 571 g/mol. The molecule has 5 heterocycles. The molecule has 3 atom stereocenters. The summed E-state index contributed by atoms with van der Waals surface area (Å²) < 4.78 is 10.2. The predicted octanol–water partition coefficient (Wildman–Crippen LogP) is 5.96. The largest absolute Gasteiger partial charge is 0.376 e. The van der Waals surface area contributed by atoms with Gasteiger partial charge in [-0.05, 0) is 69.0 Å². The average Bonchev–Trinajstić information content (AvgIpc) is 3.73. The molecule has 2 aliphatic rings. The van der Waals surface area contributed by atoms with Gasteiger partial charge in [0.2, 0.25) is 0 Å². The molecule has 0 spiro atoms. The zero-order valence-electron chi connectivity index (χ0n) is 24.0. The number of ether oxygens (including phenoxy) is 1. The van der Waals surface area contributed by atoms with Crippen molar-refractivity contribution in [3.63, 3.8) is 0 Å². The highest BCUT2D eigenvalue weighted by molar-refractivity contribution is 6.30. The Morgan fingerprint density at radius 1 is 0.929 bits per heavy atom. The van der Waals surface area contributed by atoms with Gasteiger partial charge in [-0.25, -0.2) is 9.38 Å². The lowest BCUT2D eigenvalue weighted by molar-refractivity contribution is 0.0972. The lowest BCUT2D eigenvalue weighted by Gasteiger charge is -2.48. The fraction of sp³-hybridized carbons (Fsp3) is 0.419. The van der Waals surface area contributed by atoms with Gasteiger partial charge in [-0.15, -0.1) is 10.2 Å². The van der Waals surface area contributed by atoms with E-state index in [9.17, 15) is 0 Å². The third-order valence-corrected chi connectivity index (χ3v) is 9.23. The molecule has 7 rings (SSSR count).